The van der Waals surface area contributed by atoms with Crippen LogP contribution in [0.15, 0.2) is 0 Å². The third-order valence-corrected chi connectivity index (χ3v) is 4.76. The minimum absolute atomic E-state index is 0.555. The Morgan fingerprint density at radius 3 is 3.00 bits per heavy atom. The second-order valence-electron chi connectivity index (χ2n) is 4.78. The standard InChI is InChI=1S/C12H24N2OS/c13-9-12(11-3-1-6-15-10-11)14-4-2-7-16-8-5-14/h11-12H,1-10,13H2. The lowest BCUT2D eigenvalue weighted by Gasteiger charge is -2.37. The highest BCUT2D eigenvalue weighted by Gasteiger charge is 2.28. The zero-order valence-electron chi connectivity index (χ0n) is 10.1. The minimum Gasteiger partial charge on any atom is -0.381 e. The Labute approximate surface area is 103 Å². The van der Waals surface area contributed by atoms with Crippen molar-refractivity contribution < 1.29 is 4.74 Å². The molecule has 0 aliphatic carbocycles. The van der Waals surface area contributed by atoms with Crippen molar-refractivity contribution in [3.8, 4) is 0 Å². The topological polar surface area (TPSA) is 38.5 Å². The molecule has 2 fully saturated rings. The van der Waals surface area contributed by atoms with Gasteiger partial charge in [-0.1, -0.05) is 0 Å². The average molecular weight is 244 g/mol. The van der Waals surface area contributed by atoms with Crippen LogP contribution < -0.4 is 5.73 Å². The summed E-state index contributed by atoms with van der Waals surface area (Å²) in [5, 5.41) is 0. The Hall–Kier alpha value is 0.230. The quantitative estimate of drug-likeness (QED) is 0.809. The summed E-state index contributed by atoms with van der Waals surface area (Å²) >= 11 is 2.08. The molecule has 94 valence electrons. The van der Waals surface area contributed by atoms with E-state index in [1.54, 1.807) is 0 Å². The Kier molecular flexibility index (Phi) is 5.42. The molecule has 2 unspecified atom stereocenters. The first-order valence-electron chi connectivity index (χ1n) is 6.51. The highest BCUT2D eigenvalue weighted by molar-refractivity contribution is 7.99. The van der Waals surface area contributed by atoms with Gasteiger partial charge in [-0.25, -0.2) is 0 Å². The largest absolute Gasteiger partial charge is 0.381 e. The molecule has 2 heterocycles. The van der Waals surface area contributed by atoms with E-state index in [-0.39, 0.29) is 0 Å². The van der Waals surface area contributed by atoms with Gasteiger partial charge in [0.1, 0.15) is 0 Å². The molecular weight excluding hydrogens is 220 g/mol. The zero-order chi connectivity index (χ0) is 11.2. The Morgan fingerprint density at radius 1 is 1.31 bits per heavy atom. The summed E-state index contributed by atoms with van der Waals surface area (Å²) in [7, 11) is 0. The SMILES string of the molecule is NCC(C1CCCOC1)N1CCCSCC1. The minimum atomic E-state index is 0.555. The number of hydrogen-bond acceptors (Lipinski definition) is 4. The van der Waals surface area contributed by atoms with Crippen LogP contribution in [0.2, 0.25) is 0 Å². The van der Waals surface area contributed by atoms with Crippen molar-refractivity contribution in [1.82, 2.24) is 4.90 Å². The summed E-state index contributed by atoms with van der Waals surface area (Å²) in [5.41, 5.74) is 5.98. The third-order valence-electron chi connectivity index (χ3n) is 3.71. The molecule has 4 heteroatoms. The molecule has 0 aromatic rings. The lowest BCUT2D eigenvalue weighted by atomic mass is 9.92. The maximum Gasteiger partial charge on any atom is 0.0509 e. The Bertz CT molecular complexity index is 189. The number of rotatable bonds is 3. The maximum atomic E-state index is 5.98. The van der Waals surface area contributed by atoms with E-state index >= 15 is 0 Å². The number of nitrogens with two attached hydrogens (primary N) is 1. The summed E-state index contributed by atoms with van der Waals surface area (Å²) < 4.78 is 5.60. The van der Waals surface area contributed by atoms with Crippen LogP contribution in [-0.4, -0.2) is 55.3 Å². The number of nitrogens with zero attached hydrogens (tertiary/aromatic N) is 1. The van der Waals surface area contributed by atoms with E-state index in [1.165, 1.54) is 43.9 Å². The van der Waals surface area contributed by atoms with Crippen molar-refractivity contribution in [3.63, 3.8) is 0 Å². The van der Waals surface area contributed by atoms with Crippen LogP contribution in [0.3, 0.4) is 0 Å². The first-order valence-corrected chi connectivity index (χ1v) is 7.67. The molecular formula is C12H24N2OS. The molecule has 2 aliphatic heterocycles. The fourth-order valence-electron chi connectivity index (χ4n) is 2.81. The summed E-state index contributed by atoms with van der Waals surface area (Å²) in [6.45, 7) is 5.10. The molecule has 2 N–H and O–H groups in total. The van der Waals surface area contributed by atoms with Crippen LogP contribution in [0.25, 0.3) is 0 Å². The highest BCUT2D eigenvalue weighted by Crippen LogP contribution is 2.23. The van der Waals surface area contributed by atoms with Crippen molar-refractivity contribution in [2.24, 2.45) is 11.7 Å². The van der Waals surface area contributed by atoms with Gasteiger partial charge in [0, 0.05) is 31.5 Å². The Balaban J connectivity index is 1.90. The number of ether oxygens (including phenoxy) is 1. The molecule has 0 amide bonds. The van der Waals surface area contributed by atoms with Gasteiger partial charge in [0.2, 0.25) is 0 Å². The first-order chi connectivity index (χ1) is 7.92. The molecule has 2 atom stereocenters. The van der Waals surface area contributed by atoms with Gasteiger partial charge in [-0.3, -0.25) is 4.90 Å². The molecule has 16 heavy (non-hydrogen) atoms. The van der Waals surface area contributed by atoms with E-state index < -0.39 is 0 Å². The van der Waals surface area contributed by atoms with Crippen LogP contribution in [0.4, 0.5) is 0 Å². The number of hydrogen-bond donors (Lipinski definition) is 1. The fraction of sp³-hybridized carbons (Fsp3) is 1.00. The van der Waals surface area contributed by atoms with Crippen LogP contribution >= 0.6 is 11.8 Å². The van der Waals surface area contributed by atoms with Crippen LogP contribution in [-0.2, 0) is 4.74 Å². The van der Waals surface area contributed by atoms with Gasteiger partial charge in [-0.2, -0.15) is 11.8 Å². The van der Waals surface area contributed by atoms with Crippen molar-refractivity contribution in [1.29, 1.82) is 0 Å². The Morgan fingerprint density at radius 2 is 2.25 bits per heavy atom. The van der Waals surface area contributed by atoms with E-state index in [2.05, 4.69) is 16.7 Å². The van der Waals surface area contributed by atoms with Gasteiger partial charge in [0.25, 0.3) is 0 Å². The van der Waals surface area contributed by atoms with E-state index in [0.717, 1.165) is 19.8 Å². The lowest BCUT2D eigenvalue weighted by molar-refractivity contribution is 0.0130. The number of thioether (sulfide) groups is 1. The molecule has 0 spiro atoms. The molecule has 3 nitrogen and oxygen atoms in total. The molecule has 0 aromatic heterocycles. The molecule has 2 rings (SSSR count). The molecule has 0 radical (unpaired) electrons. The first kappa shape index (κ1) is 12.7. The van der Waals surface area contributed by atoms with Gasteiger partial charge in [-0.05, 0) is 37.5 Å². The normalized spacial score (nSPS) is 30.9. The summed E-state index contributed by atoms with van der Waals surface area (Å²) in [6.07, 6.45) is 3.82. The second kappa shape index (κ2) is 6.84. The molecule has 2 aliphatic rings. The second-order valence-corrected chi connectivity index (χ2v) is 6.01. The van der Waals surface area contributed by atoms with Gasteiger partial charge in [0.15, 0.2) is 0 Å². The van der Waals surface area contributed by atoms with Crippen molar-refractivity contribution in [2.45, 2.75) is 25.3 Å². The average Bonchev–Trinajstić information content (AvgIpc) is 2.61. The van der Waals surface area contributed by atoms with E-state index in [1.807, 2.05) is 0 Å². The van der Waals surface area contributed by atoms with E-state index in [0.29, 0.717) is 12.0 Å². The van der Waals surface area contributed by atoms with Crippen molar-refractivity contribution in [2.75, 3.05) is 44.4 Å². The smallest absolute Gasteiger partial charge is 0.0509 e. The van der Waals surface area contributed by atoms with Crippen LogP contribution in [0.1, 0.15) is 19.3 Å². The van der Waals surface area contributed by atoms with Crippen molar-refractivity contribution in [3.05, 3.63) is 0 Å². The lowest BCUT2D eigenvalue weighted by Crippen LogP contribution is -2.48. The monoisotopic (exact) mass is 244 g/mol. The summed E-state index contributed by atoms with van der Waals surface area (Å²) in [4.78, 5) is 2.61. The summed E-state index contributed by atoms with van der Waals surface area (Å²) in [5.74, 6) is 3.25. The maximum absolute atomic E-state index is 5.98. The van der Waals surface area contributed by atoms with E-state index in [4.69, 9.17) is 10.5 Å². The van der Waals surface area contributed by atoms with Gasteiger partial charge in [0.05, 0.1) is 6.61 Å². The zero-order valence-corrected chi connectivity index (χ0v) is 10.9. The van der Waals surface area contributed by atoms with Crippen LogP contribution in [0.5, 0.6) is 0 Å². The molecule has 0 aromatic carbocycles. The van der Waals surface area contributed by atoms with Crippen LogP contribution in [0, 0.1) is 5.92 Å². The molecule has 2 saturated heterocycles. The fourth-order valence-corrected chi connectivity index (χ4v) is 3.71. The molecule has 0 bridgehead atoms. The van der Waals surface area contributed by atoms with Gasteiger partial charge in [-0.15, -0.1) is 0 Å². The van der Waals surface area contributed by atoms with E-state index in [9.17, 15) is 0 Å². The molecule has 0 saturated carbocycles. The third kappa shape index (κ3) is 3.36. The van der Waals surface area contributed by atoms with Gasteiger partial charge < -0.3 is 10.5 Å². The van der Waals surface area contributed by atoms with Crippen molar-refractivity contribution >= 4 is 11.8 Å². The van der Waals surface area contributed by atoms with Gasteiger partial charge >= 0.3 is 0 Å². The highest BCUT2D eigenvalue weighted by atomic mass is 32.2. The summed E-state index contributed by atoms with van der Waals surface area (Å²) in [6, 6.07) is 0.555. The predicted molar refractivity (Wildman–Crippen MR) is 69.9 cm³/mol. The predicted octanol–water partition coefficient (Wildman–Crippen LogP) is 1.18.